The van der Waals surface area contributed by atoms with E-state index in [4.69, 9.17) is 9.47 Å². The fourth-order valence-electron chi connectivity index (χ4n) is 2.98. The number of rotatable bonds is 1. The molecule has 7 nitrogen and oxygen atoms in total. The second kappa shape index (κ2) is 5.81. The Morgan fingerprint density at radius 1 is 1.45 bits per heavy atom. The highest BCUT2D eigenvalue weighted by atomic mass is 16.6. The molecule has 3 rings (SSSR count). The van der Waals surface area contributed by atoms with Gasteiger partial charge in [-0.3, -0.25) is 5.32 Å². The molecular formula is C15H22N4O3. The zero-order valence-electron chi connectivity index (χ0n) is 13.3. The minimum Gasteiger partial charge on any atom is -0.378 e. The van der Waals surface area contributed by atoms with E-state index >= 15 is 0 Å². The van der Waals surface area contributed by atoms with Crippen LogP contribution >= 0.6 is 0 Å². The Balaban J connectivity index is 1.69. The van der Waals surface area contributed by atoms with Gasteiger partial charge < -0.3 is 14.4 Å². The van der Waals surface area contributed by atoms with E-state index in [1.54, 1.807) is 4.90 Å². The molecule has 0 aliphatic carbocycles. The van der Waals surface area contributed by atoms with Gasteiger partial charge in [-0.2, -0.15) is 5.10 Å². The number of urea groups is 1. The van der Waals surface area contributed by atoms with Gasteiger partial charge in [0.25, 0.3) is 0 Å². The molecule has 0 unspecified atom stereocenters. The minimum absolute atomic E-state index is 0.00737. The molecule has 2 saturated heterocycles. The number of anilines is 1. The summed E-state index contributed by atoms with van der Waals surface area (Å²) >= 11 is 0. The fourth-order valence-corrected chi connectivity index (χ4v) is 2.98. The zero-order valence-corrected chi connectivity index (χ0v) is 13.3. The van der Waals surface area contributed by atoms with Crippen molar-refractivity contribution < 1.29 is 14.3 Å². The summed E-state index contributed by atoms with van der Waals surface area (Å²) in [5, 5.41) is 10.9. The van der Waals surface area contributed by atoms with E-state index in [1.807, 2.05) is 26.8 Å². The summed E-state index contributed by atoms with van der Waals surface area (Å²) in [6, 6.07) is 1.66. The van der Waals surface area contributed by atoms with Crippen LogP contribution in [-0.4, -0.2) is 59.1 Å². The molecule has 120 valence electrons. The number of carbonyl (C=O) groups is 1. The Morgan fingerprint density at radius 3 is 2.95 bits per heavy atom. The summed E-state index contributed by atoms with van der Waals surface area (Å²) in [6.07, 6.45) is 0.817. The molecule has 2 aliphatic rings. The van der Waals surface area contributed by atoms with E-state index in [9.17, 15) is 4.79 Å². The van der Waals surface area contributed by atoms with Crippen molar-refractivity contribution in [2.24, 2.45) is 0 Å². The van der Waals surface area contributed by atoms with Crippen LogP contribution in [0.2, 0.25) is 0 Å². The molecular weight excluding hydrogens is 284 g/mol. The van der Waals surface area contributed by atoms with Gasteiger partial charge >= 0.3 is 6.03 Å². The molecule has 2 aliphatic heterocycles. The lowest BCUT2D eigenvalue weighted by Crippen LogP contribution is -2.57. The van der Waals surface area contributed by atoms with Gasteiger partial charge in [-0.05, 0) is 32.4 Å². The summed E-state index contributed by atoms with van der Waals surface area (Å²) in [6.45, 7) is 8.15. The minimum atomic E-state index is -0.357. The number of aromatic nitrogens is 2. The predicted octanol–water partition coefficient (Wildman–Crippen LogP) is 1.51. The van der Waals surface area contributed by atoms with E-state index < -0.39 is 0 Å². The number of nitrogens with zero attached hydrogens (tertiary/aromatic N) is 3. The summed E-state index contributed by atoms with van der Waals surface area (Å²) in [5.74, 6) is 0.476. The fraction of sp³-hybridized carbons (Fsp3) is 0.667. The van der Waals surface area contributed by atoms with E-state index in [-0.39, 0.29) is 17.7 Å². The zero-order chi connectivity index (χ0) is 15.7. The second-order valence-electron chi connectivity index (χ2n) is 6.22. The number of morpholine rings is 1. The van der Waals surface area contributed by atoms with Crippen molar-refractivity contribution in [3.8, 4) is 0 Å². The second-order valence-corrected chi connectivity index (χ2v) is 6.22. The highest BCUT2D eigenvalue weighted by molar-refractivity contribution is 5.88. The summed E-state index contributed by atoms with van der Waals surface area (Å²) < 4.78 is 11.5. The van der Waals surface area contributed by atoms with Crippen LogP contribution in [0.15, 0.2) is 6.07 Å². The maximum atomic E-state index is 12.5. The third-order valence-electron chi connectivity index (χ3n) is 4.23. The van der Waals surface area contributed by atoms with Crippen molar-refractivity contribution in [2.45, 2.75) is 38.9 Å². The quantitative estimate of drug-likeness (QED) is 0.851. The molecule has 3 heterocycles. The van der Waals surface area contributed by atoms with Crippen molar-refractivity contribution in [1.82, 2.24) is 15.1 Å². The topological polar surface area (TPSA) is 76.6 Å². The number of ether oxygens (including phenoxy) is 2. The van der Waals surface area contributed by atoms with Crippen LogP contribution in [0.3, 0.4) is 0 Å². The molecule has 0 saturated carbocycles. The van der Waals surface area contributed by atoms with Crippen molar-refractivity contribution >= 4 is 11.8 Å². The van der Waals surface area contributed by atoms with Gasteiger partial charge in [-0.25, -0.2) is 4.79 Å². The van der Waals surface area contributed by atoms with E-state index in [0.29, 0.717) is 32.1 Å². The molecule has 1 N–H and O–H groups in total. The van der Waals surface area contributed by atoms with Crippen molar-refractivity contribution in [3.05, 3.63) is 17.3 Å². The molecule has 1 aromatic rings. The van der Waals surface area contributed by atoms with Crippen LogP contribution in [0.5, 0.6) is 0 Å². The Kier molecular flexibility index (Phi) is 4.01. The number of hydrogen-bond donors (Lipinski definition) is 1. The van der Waals surface area contributed by atoms with Crippen LogP contribution in [0, 0.1) is 13.8 Å². The average Bonchev–Trinajstić information content (AvgIpc) is 2.89. The molecule has 1 spiro atoms. The SMILES string of the molecule is Cc1cc(NC(=O)N2C[C@@H](C)O[C@@]3(CCOC3)C2)nnc1C. The summed E-state index contributed by atoms with van der Waals surface area (Å²) in [7, 11) is 0. The van der Waals surface area contributed by atoms with E-state index in [0.717, 1.165) is 17.7 Å². The van der Waals surface area contributed by atoms with Crippen molar-refractivity contribution in [1.29, 1.82) is 0 Å². The highest BCUT2D eigenvalue weighted by Gasteiger charge is 2.44. The predicted molar refractivity (Wildman–Crippen MR) is 80.8 cm³/mol. The Morgan fingerprint density at radius 2 is 2.27 bits per heavy atom. The smallest absolute Gasteiger partial charge is 0.323 e. The Bertz CT molecular complexity index is 572. The van der Waals surface area contributed by atoms with Crippen LogP contribution in [-0.2, 0) is 9.47 Å². The highest BCUT2D eigenvalue weighted by Crippen LogP contribution is 2.30. The van der Waals surface area contributed by atoms with Crippen molar-refractivity contribution in [3.63, 3.8) is 0 Å². The molecule has 0 aromatic carbocycles. The van der Waals surface area contributed by atoms with Crippen molar-refractivity contribution in [2.75, 3.05) is 31.6 Å². The van der Waals surface area contributed by atoms with Crippen LogP contribution in [0.1, 0.15) is 24.6 Å². The maximum absolute atomic E-state index is 12.5. The number of nitrogens with one attached hydrogen (secondary N) is 1. The first-order valence-corrected chi connectivity index (χ1v) is 7.60. The normalized spacial score (nSPS) is 28.1. The van der Waals surface area contributed by atoms with Crippen LogP contribution in [0.4, 0.5) is 10.6 Å². The largest absolute Gasteiger partial charge is 0.378 e. The first-order valence-electron chi connectivity index (χ1n) is 7.60. The summed E-state index contributed by atoms with van der Waals surface area (Å²) in [4.78, 5) is 14.3. The van der Waals surface area contributed by atoms with Gasteiger partial charge in [0.05, 0.1) is 24.9 Å². The van der Waals surface area contributed by atoms with Crippen LogP contribution < -0.4 is 5.32 Å². The van der Waals surface area contributed by atoms with Gasteiger partial charge in [-0.1, -0.05) is 0 Å². The lowest BCUT2D eigenvalue weighted by atomic mass is 9.99. The van der Waals surface area contributed by atoms with Gasteiger partial charge in [-0.15, -0.1) is 5.10 Å². The standard InChI is InChI=1S/C15H22N4O3/c1-10-6-13(18-17-12(10)3)16-14(20)19-7-11(2)22-15(8-19)4-5-21-9-15/h6,11H,4-5,7-9H2,1-3H3,(H,16,18,20)/t11-,15+/m1/s1. The average molecular weight is 306 g/mol. The van der Waals surface area contributed by atoms with Gasteiger partial charge in [0.1, 0.15) is 5.60 Å². The first-order chi connectivity index (χ1) is 10.5. The molecule has 0 radical (unpaired) electrons. The summed E-state index contributed by atoms with van der Waals surface area (Å²) in [5.41, 5.74) is 1.51. The third kappa shape index (κ3) is 3.05. The Labute approximate surface area is 130 Å². The number of carbonyl (C=O) groups excluding carboxylic acids is 1. The van der Waals surface area contributed by atoms with Gasteiger partial charge in [0.15, 0.2) is 5.82 Å². The lowest BCUT2D eigenvalue weighted by molar-refractivity contribution is -0.136. The molecule has 2 atom stereocenters. The molecule has 7 heteroatoms. The molecule has 2 fully saturated rings. The lowest BCUT2D eigenvalue weighted by Gasteiger charge is -2.42. The monoisotopic (exact) mass is 306 g/mol. The number of aryl methyl sites for hydroxylation is 2. The molecule has 2 amide bonds. The molecule has 22 heavy (non-hydrogen) atoms. The maximum Gasteiger partial charge on any atom is 0.323 e. The van der Waals surface area contributed by atoms with Gasteiger partial charge in [0.2, 0.25) is 0 Å². The van der Waals surface area contributed by atoms with Gasteiger partial charge in [0, 0.05) is 19.6 Å². The third-order valence-corrected chi connectivity index (χ3v) is 4.23. The molecule has 1 aromatic heterocycles. The number of amides is 2. The van der Waals surface area contributed by atoms with Crippen LogP contribution in [0.25, 0.3) is 0 Å². The molecule has 0 bridgehead atoms. The van der Waals surface area contributed by atoms with E-state index in [1.165, 1.54) is 0 Å². The number of hydrogen-bond acceptors (Lipinski definition) is 5. The van der Waals surface area contributed by atoms with E-state index in [2.05, 4.69) is 15.5 Å². The first kappa shape index (κ1) is 15.2. The Hall–Kier alpha value is -1.73.